The van der Waals surface area contributed by atoms with Crippen LogP contribution in [0.2, 0.25) is 0 Å². The maximum absolute atomic E-state index is 9.78. The third-order valence-electron chi connectivity index (χ3n) is 0.885. The normalized spacial score (nSPS) is 9.12. The SMILES string of the molecule is Cn1cncc1N=O. The molecule has 1 aromatic heterocycles. The second-order valence-corrected chi connectivity index (χ2v) is 1.45. The van der Waals surface area contributed by atoms with Crippen molar-refractivity contribution in [2.45, 2.75) is 0 Å². The number of aromatic nitrogens is 2. The van der Waals surface area contributed by atoms with E-state index < -0.39 is 0 Å². The molecule has 4 heteroatoms. The van der Waals surface area contributed by atoms with Gasteiger partial charge in [-0.3, -0.25) is 0 Å². The van der Waals surface area contributed by atoms with Gasteiger partial charge in [0.15, 0.2) is 5.82 Å². The lowest BCUT2D eigenvalue weighted by atomic mass is 10.8. The predicted octanol–water partition coefficient (Wildman–Crippen LogP) is 0.818. The lowest BCUT2D eigenvalue weighted by Crippen LogP contribution is -1.80. The van der Waals surface area contributed by atoms with Crippen LogP contribution in [0.15, 0.2) is 17.7 Å². The molecular formula is C4H5N3O. The van der Waals surface area contributed by atoms with Gasteiger partial charge in [0.05, 0.1) is 12.5 Å². The summed E-state index contributed by atoms with van der Waals surface area (Å²) < 4.78 is 1.55. The van der Waals surface area contributed by atoms with E-state index in [9.17, 15) is 4.91 Å². The zero-order chi connectivity index (χ0) is 5.98. The van der Waals surface area contributed by atoms with Crippen LogP contribution in [0.3, 0.4) is 0 Å². The molecule has 0 bridgehead atoms. The number of hydrogen-bond donors (Lipinski definition) is 0. The van der Waals surface area contributed by atoms with E-state index in [1.54, 1.807) is 11.6 Å². The predicted molar refractivity (Wildman–Crippen MR) is 28.7 cm³/mol. The molecule has 0 saturated heterocycles. The van der Waals surface area contributed by atoms with Gasteiger partial charge in [0.1, 0.15) is 0 Å². The van der Waals surface area contributed by atoms with E-state index in [4.69, 9.17) is 0 Å². The van der Waals surface area contributed by atoms with Crippen molar-refractivity contribution in [2.24, 2.45) is 12.2 Å². The van der Waals surface area contributed by atoms with Crippen molar-refractivity contribution < 1.29 is 0 Å². The van der Waals surface area contributed by atoms with Crippen LogP contribution in [-0.4, -0.2) is 9.55 Å². The van der Waals surface area contributed by atoms with E-state index in [0.29, 0.717) is 5.82 Å². The van der Waals surface area contributed by atoms with Gasteiger partial charge in [-0.25, -0.2) is 4.98 Å². The van der Waals surface area contributed by atoms with Gasteiger partial charge in [-0.1, -0.05) is 0 Å². The van der Waals surface area contributed by atoms with Gasteiger partial charge in [-0.2, -0.15) is 0 Å². The van der Waals surface area contributed by atoms with E-state index in [2.05, 4.69) is 10.2 Å². The summed E-state index contributed by atoms with van der Waals surface area (Å²) >= 11 is 0. The molecule has 0 aromatic carbocycles. The Morgan fingerprint density at radius 3 is 2.88 bits per heavy atom. The highest BCUT2D eigenvalue weighted by molar-refractivity contribution is 5.22. The minimum absolute atomic E-state index is 0.352. The third-order valence-corrected chi connectivity index (χ3v) is 0.885. The Labute approximate surface area is 46.1 Å². The van der Waals surface area contributed by atoms with Gasteiger partial charge in [-0.05, 0) is 5.18 Å². The summed E-state index contributed by atoms with van der Waals surface area (Å²) in [5.41, 5.74) is 0. The van der Waals surface area contributed by atoms with Crippen molar-refractivity contribution >= 4 is 5.82 Å². The number of imidazole rings is 1. The minimum Gasteiger partial charge on any atom is -0.316 e. The van der Waals surface area contributed by atoms with Crippen LogP contribution in [0, 0.1) is 4.91 Å². The Kier molecular flexibility index (Phi) is 1.07. The molecule has 1 heterocycles. The average Bonchev–Trinajstić information content (AvgIpc) is 2.14. The number of rotatable bonds is 1. The largest absolute Gasteiger partial charge is 0.316 e. The van der Waals surface area contributed by atoms with E-state index in [1.165, 1.54) is 12.5 Å². The second-order valence-electron chi connectivity index (χ2n) is 1.45. The van der Waals surface area contributed by atoms with E-state index in [1.807, 2.05) is 0 Å². The molecule has 0 unspecified atom stereocenters. The lowest BCUT2D eigenvalue weighted by Gasteiger charge is -1.84. The van der Waals surface area contributed by atoms with E-state index in [0.717, 1.165) is 0 Å². The summed E-state index contributed by atoms with van der Waals surface area (Å²) in [5, 5.41) is 2.68. The molecule has 0 aliphatic carbocycles. The zero-order valence-corrected chi connectivity index (χ0v) is 4.40. The molecule has 0 spiro atoms. The highest BCUT2D eigenvalue weighted by Gasteiger charge is 1.92. The first-order chi connectivity index (χ1) is 3.84. The summed E-state index contributed by atoms with van der Waals surface area (Å²) in [6.07, 6.45) is 2.93. The first-order valence-electron chi connectivity index (χ1n) is 2.14. The molecule has 42 valence electrons. The van der Waals surface area contributed by atoms with Gasteiger partial charge < -0.3 is 4.57 Å². The summed E-state index contributed by atoms with van der Waals surface area (Å²) in [4.78, 5) is 13.4. The molecule has 0 saturated carbocycles. The van der Waals surface area contributed by atoms with Crippen molar-refractivity contribution in [2.75, 3.05) is 0 Å². The fourth-order valence-corrected chi connectivity index (χ4v) is 0.438. The smallest absolute Gasteiger partial charge is 0.196 e. The fraction of sp³-hybridized carbons (Fsp3) is 0.250. The number of aryl methyl sites for hydroxylation is 1. The maximum atomic E-state index is 9.78. The fourth-order valence-electron chi connectivity index (χ4n) is 0.438. The van der Waals surface area contributed by atoms with Crippen LogP contribution in [0.5, 0.6) is 0 Å². The molecule has 0 radical (unpaired) electrons. The molecule has 0 fully saturated rings. The van der Waals surface area contributed by atoms with Crippen LogP contribution in [0.25, 0.3) is 0 Å². The van der Waals surface area contributed by atoms with E-state index in [-0.39, 0.29) is 0 Å². The van der Waals surface area contributed by atoms with Gasteiger partial charge in [0.2, 0.25) is 0 Å². The molecule has 0 aliphatic rings. The van der Waals surface area contributed by atoms with Crippen LogP contribution >= 0.6 is 0 Å². The van der Waals surface area contributed by atoms with Gasteiger partial charge >= 0.3 is 0 Å². The van der Waals surface area contributed by atoms with Crippen LogP contribution < -0.4 is 0 Å². The number of hydrogen-bond acceptors (Lipinski definition) is 3. The lowest BCUT2D eigenvalue weighted by molar-refractivity contribution is 0.910. The summed E-state index contributed by atoms with van der Waals surface area (Å²) in [6.45, 7) is 0. The monoisotopic (exact) mass is 111 g/mol. The minimum atomic E-state index is 0.352. The van der Waals surface area contributed by atoms with Gasteiger partial charge in [0.25, 0.3) is 0 Å². The summed E-state index contributed by atoms with van der Waals surface area (Å²) in [6, 6.07) is 0. The molecule has 8 heavy (non-hydrogen) atoms. The number of nitrogens with zero attached hydrogens (tertiary/aromatic N) is 3. The molecule has 4 nitrogen and oxygen atoms in total. The number of nitroso groups, excluding NO2 is 1. The molecule has 0 N–H and O–H groups in total. The molecule has 1 aromatic rings. The van der Waals surface area contributed by atoms with Crippen LogP contribution in [-0.2, 0) is 7.05 Å². The Hall–Kier alpha value is -1.19. The Morgan fingerprint density at radius 1 is 1.88 bits per heavy atom. The van der Waals surface area contributed by atoms with E-state index >= 15 is 0 Å². The first kappa shape index (κ1) is 4.96. The standard InChI is InChI=1S/C4H5N3O/c1-7-3-5-2-4(7)6-8/h2-3H,1H3. The van der Waals surface area contributed by atoms with Crippen molar-refractivity contribution in [1.82, 2.24) is 9.55 Å². The topological polar surface area (TPSA) is 47.2 Å². The second kappa shape index (κ2) is 1.73. The van der Waals surface area contributed by atoms with Crippen molar-refractivity contribution in [3.05, 3.63) is 17.4 Å². The Morgan fingerprint density at radius 2 is 2.62 bits per heavy atom. The Balaban J connectivity index is 3.09. The van der Waals surface area contributed by atoms with Gasteiger partial charge in [-0.15, -0.1) is 4.91 Å². The molecule has 0 aliphatic heterocycles. The first-order valence-corrected chi connectivity index (χ1v) is 2.14. The molecule has 0 atom stereocenters. The third kappa shape index (κ3) is 0.598. The quantitative estimate of drug-likeness (QED) is 0.503. The summed E-state index contributed by atoms with van der Waals surface area (Å²) in [7, 11) is 1.71. The van der Waals surface area contributed by atoms with Gasteiger partial charge in [0, 0.05) is 7.05 Å². The van der Waals surface area contributed by atoms with Crippen molar-refractivity contribution in [1.29, 1.82) is 0 Å². The molecular weight excluding hydrogens is 106 g/mol. The van der Waals surface area contributed by atoms with Crippen LogP contribution in [0.4, 0.5) is 5.82 Å². The molecule has 1 rings (SSSR count). The highest BCUT2D eigenvalue weighted by atomic mass is 16.3. The van der Waals surface area contributed by atoms with Crippen molar-refractivity contribution in [3.63, 3.8) is 0 Å². The van der Waals surface area contributed by atoms with Crippen LogP contribution in [0.1, 0.15) is 0 Å². The zero-order valence-electron chi connectivity index (χ0n) is 4.40. The highest BCUT2D eigenvalue weighted by Crippen LogP contribution is 2.05. The average molecular weight is 111 g/mol. The summed E-state index contributed by atoms with van der Waals surface area (Å²) in [5.74, 6) is 0.352. The maximum Gasteiger partial charge on any atom is 0.196 e. The molecule has 0 amide bonds. The van der Waals surface area contributed by atoms with Crippen molar-refractivity contribution in [3.8, 4) is 0 Å². The Bertz CT molecular complexity index is 193.